The van der Waals surface area contributed by atoms with Gasteiger partial charge in [0.15, 0.2) is 17.3 Å². The second-order valence-electron chi connectivity index (χ2n) is 8.66. The van der Waals surface area contributed by atoms with E-state index in [-0.39, 0.29) is 17.8 Å². The molecule has 5 rings (SSSR count). The molecule has 7 nitrogen and oxygen atoms in total. The molecule has 10 heteroatoms. The maximum atomic E-state index is 6.40. The van der Waals surface area contributed by atoms with E-state index < -0.39 is 0 Å². The molecule has 0 radical (unpaired) electrons. The highest BCUT2D eigenvalue weighted by Crippen LogP contribution is 2.59. The number of likely N-dealkylation sites (tertiary alicyclic amines) is 1. The Morgan fingerprint density at radius 1 is 1.38 bits per heavy atom. The van der Waals surface area contributed by atoms with E-state index in [0.717, 1.165) is 36.2 Å². The van der Waals surface area contributed by atoms with Crippen LogP contribution in [0.1, 0.15) is 24.6 Å². The number of aryl methyl sites for hydroxylation is 1. The second-order valence-corrected chi connectivity index (χ2v) is 10.5. The van der Waals surface area contributed by atoms with E-state index in [1.165, 1.54) is 18.4 Å². The fourth-order valence-electron chi connectivity index (χ4n) is 4.86. The summed E-state index contributed by atoms with van der Waals surface area (Å²) < 4.78 is 12.8. The summed E-state index contributed by atoms with van der Waals surface area (Å²) >= 11 is 8.14. The summed E-state index contributed by atoms with van der Waals surface area (Å²) in [5, 5.41) is 10.7. The van der Waals surface area contributed by atoms with Crippen LogP contribution in [-0.2, 0) is 12.5 Å². The molecular formula is C22H27Cl2N5O2S. The number of thioether (sulfide) groups is 1. The number of aromatic nitrogens is 4. The Kier molecular flexibility index (Phi) is 6.51. The summed E-state index contributed by atoms with van der Waals surface area (Å²) in [6, 6.07) is 6.26. The Bertz CT molecular complexity index is 1120. The predicted octanol–water partition coefficient (Wildman–Crippen LogP) is 4.62. The molecule has 172 valence electrons. The zero-order chi connectivity index (χ0) is 21.8. The normalized spacial score (nSPS) is 23.0. The zero-order valence-electron chi connectivity index (χ0n) is 18.5. The maximum Gasteiger partial charge on any atom is 0.202 e. The first-order valence-corrected chi connectivity index (χ1v) is 11.7. The van der Waals surface area contributed by atoms with Gasteiger partial charge in [0.1, 0.15) is 5.75 Å². The summed E-state index contributed by atoms with van der Waals surface area (Å²) in [4.78, 5) is 6.73. The second kappa shape index (κ2) is 8.89. The number of hydrogen-bond donors (Lipinski definition) is 0. The SMILES string of the molecule is COc1ccc(C23CC2CN(CC(C)Sc2nnc(-c4ocnc4C)n2C)C3)cc1Cl.Cl. The van der Waals surface area contributed by atoms with E-state index >= 15 is 0 Å². The molecule has 2 aromatic heterocycles. The van der Waals surface area contributed by atoms with E-state index in [0.29, 0.717) is 27.8 Å². The molecule has 2 aliphatic rings. The van der Waals surface area contributed by atoms with Crippen LogP contribution in [-0.4, -0.2) is 56.6 Å². The standard InChI is InChI=1S/C22H26ClN5O2S.ClH/c1-13(31-21-26-25-20(27(21)3)19-14(2)24-12-30-19)9-28-10-16-8-22(16,11-28)15-5-6-18(29-4)17(23)7-15;/h5-7,12-13,16H,8-11H2,1-4H3;1H. The molecule has 1 saturated carbocycles. The third-order valence-corrected chi connectivity index (χ3v) is 7.96. The van der Waals surface area contributed by atoms with Crippen molar-refractivity contribution in [3.63, 3.8) is 0 Å². The summed E-state index contributed by atoms with van der Waals surface area (Å²) in [5.41, 5.74) is 2.41. The minimum atomic E-state index is 0. The molecule has 3 aromatic rings. The molecule has 0 spiro atoms. The first kappa shape index (κ1) is 23.4. The lowest BCUT2D eigenvalue weighted by Gasteiger charge is -2.24. The summed E-state index contributed by atoms with van der Waals surface area (Å²) in [6.07, 6.45) is 2.69. The van der Waals surface area contributed by atoms with Gasteiger partial charge >= 0.3 is 0 Å². The molecule has 32 heavy (non-hydrogen) atoms. The van der Waals surface area contributed by atoms with E-state index in [9.17, 15) is 0 Å². The molecule has 0 amide bonds. The van der Waals surface area contributed by atoms with Crippen LogP contribution in [0.2, 0.25) is 5.02 Å². The third kappa shape index (κ3) is 4.02. The number of ether oxygens (including phenoxy) is 1. The minimum absolute atomic E-state index is 0. The molecule has 1 saturated heterocycles. The number of nitrogens with zero attached hydrogens (tertiary/aromatic N) is 5. The molecule has 1 aliphatic heterocycles. The van der Waals surface area contributed by atoms with Crippen LogP contribution in [0.3, 0.4) is 0 Å². The number of methoxy groups -OCH3 is 1. The summed E-state index contributed by atoms with van der Waals surface area (Å²) in [6.45, 7) is 7.38. The molecule has 3 heterocycles. The quantitative estimate of drug-likeness (QED) is 0.443. The number of benzene rings is 1. The zero-order valence-corrected chi connectivity index (χ0v) is 20.9. The molecule has 2 fully saturated rings. The van der Waals surface area contributed by atoms with Crippen LogP contribution in [0.15, 0.2) is 34.2 Å². The smallest absolute Gasteiger partial charge is 0.202 e. The molecular weight excluding hydrogens is 469 g/mol. The van der Waals surface area contributed by atoms with Crippen molar-refractivity contribution in [1.82, 2.24) is 24.6 Å². The number of fused-ring (bicyclic) bond motifs is 1. The van der Waals surface area contributed by atoms with Gasteiger partial charge in [-0.15, -0.1) is 22.6 Å². The van der Waals surface area contributed by atoms with Gasteiger partial charge in [-0.3, -0.25) is 0 Å². The van der Waals surface area contributed by atoms with Crippen LogP contribution in [0.25, 0.3) is 11.6 Å². The fourth-order valence-corrected chi connectivity index (χ4v) is 6.10. The Balaban J connectivity index is 0.00000245. The lowest BCUT2D eigenvalue weighted by Crippen LogP contribution is -2.31. The summed E-state index contributed by atoms with van der Waals surface area (Å²) in [5.74, 6) is 2.84. The molecule has 1 aromatic carbocycles. The predicted molar refractivity (Wildman–Crippen MR) is 128 cm³/mol. The first-order valence-electron chi connectivity index (χ1n) is 10.4. The summed E-state index contributed by atoms with van der Waals surface area (Å²) in [7, 11) is 3.63. The van der Waals surface area contributed by atoms with Crippen molar-refractivity contribution in [3.8, 4) is 17.3 Å². The van der Waals surface area contributed by atoms with Gasteiger partial charge in [-0.2, -0.15) is 0 Å². The highest BCUT2D eigenvalue weighted by atomic mass is 35.5. The average Bonchev–Trinajstić information content (AvgIpc) is 3.01. The minimum Gasteiger partial charge on any atom is -0.495 e. The highest BCUT2D eigenvalue weighted by molar-refractivity contribution is 7.99. The van der Waals surface area contributed by atoms with Crippen LogP contribution in [0.5, 0.6) is 5.75 Å². The van der Waals surface area contributed by atoms with Crippen LogP contribution in [0, 0.1) is 12.8 Å². The Morgan fingerprint density at radius 3 is 2.88 bits per heavy atom. The van der Waals surface area contributed by atoms with Crippen molar-refractivity contribution in [2.75, 3.05) is 26.7 Å². The van der Waals surface area contributed by atoms with Crippen molar-refractivity contribution < 1.29 is 9.15 Å². The maximum absolute atomic E-state index is 6.40. The van der Waals surface area contributed by atoms with Gasteiger partial charge in [0.2, 0.25) is 5.82 Å². The molecule has 0 bridgehead atoms. The molecule has 3 atom stereocenters. The van der Waals surface area contributed by atoms with Gasteiger partial charge in [0.25, 0.3) is 0 Å². The van der Waals surface area contributed by atoms with E-state index in [1.54, 1.807) is 18.9 Å². The number of rotatable bonds is 7. The van der Waals surface area contributed by atoms with Crippen LogP contribution >= 0.6 is 35.8 Å². The van der Waals surface area contributed by atoms with Crippen LogP contribution in [0.4, 0.5) is 0 Å². The van der Waals surface area contributed by atoms with Gasteiger partial charge in [0.05, 0.1) is 17.8 Å². The van der Waals surface area contributed by atoms with Crippen molar-refractivity contribution in [3.05, 3.63) is 40.9 Å². The Labute approximate surface area is 203 Å². The van der Waals surface area contributed by atoms with Crippen molar-refractivity contribution in [2.45, 2.75) is 36.1 Å². The first-order chi connectivity index (χ1) is 14.9. The number of oxazole rings is 1. The largest absolute Gasteiger partial charge is 0.495 e. The molecule has 1 aliphatic carbocycles. The molecule has 0 N–H and O–H groups in total. The highest BCUT2D eigenvalue weighted by Gasteiger charge is 2.60. The van der Waals surface area contributed by atoms with Gasteiger partial charge in [-0.05, 0) is 37.0 Å². The van der Waals surface area contributed by atoms with E-state index in [4.69, 9.17) is 20.8 Å². The van der Waals surface area contributed by atoms with Gasteiger partial charge in [-0.25, -0.2) is 4.98 Å². The number of halogens is 2. The monoisotopic (exact) mass is 495 g/mol. The van der Waals surface area contributed by atoms with Crippen molar-refractivity contribution in [1.29, 1.82) is 0 Å². The number of piperidine rings is 1. The van der Waals surface area contributed by atoms with Crippen molar-refractivity contribution in [2.24, 2.45) is 13.0 Å². The lowest BCUT2D eigenvalue weighted by atomic mass is 9.95. The Morgan fingerprint density at radius 2 is 2.19 bits per heavy atom. The fraction of sp³-hybridized carbons (Fsp3) is 0.500. The van der Waals surface area contributed by atoms with Gasteiger partial charge < -0.3 is 18.6 Å². The van der Waals surface area contributed by atoms with Crippen LogP contribution < -0.4 is 4.74 Å². The molecule has 3 unspecified atom stereocenters. The van der Waals surface area contributed by atoms with E-state index in [2.05, 4.69) is 39.1 Å². The van der Waals surface area contributed by atoms with Gasteiger partial charge in [0, 0.05) is 37.3 Å². The Hall–Kier alpha value is -1.74. The topological polar surface area (TPSA) is 69.2 Å². The van der Waals surface area contributed by atoms with E-state index in [1.807, 2.05) is 24.6 Å². The average molecular weight is 496 g/mol. The number of hydrogen-bond acceptors (Lipinski definition) is 7. The lowest BCUT2D eigenvalue weighted by molar-refractivity contribution is 0.302. The third-order valence-electron chi connectivity index (χ3n) is 6.55. The van der Waals surface area contributed by atoms with Crippen molar-refractivity contribution >= 4 is 35.8 Å². The van der Waals surface area contributed by atoms with Gasteiger partial charge in [-0.1, -0.05) is 36.4 Å².